The number of ether oxygens (including phenoxy) is 1. The van der Waals surface area contributed by atoms with Crippen molar-refractivity contribution in [3.05, 3.63) is 34.6 Å². The van der Waals surface area contributed by atoms with Gasteiger partial charge in [-0.15, -0.1) is 10.2 Å². The Bertz CT molecular complexity index is 548. The second-order valence-corrected chi connectivity index (χ2v) is 5.75. The van der Waals surface area contributed by atoms with Crippen LogP contribution in [0.25, 0.3) is 0 Å². The number of aromatic nitrogens is 3. The van der Waals surface area contributed by atoms with Crippen molar-refractivity contribution in [3.8, 4) is 5.75 Å². The molecule has 5 nitrogen and oxygen atoms in total. The monoisotopic (exact) mass is 343 g/mol. The molecule has 1 heterocycles. The summed E-state index contributed by atoms with van der Waals surface area (Å²) in [5.74, 6) is 2.17. The fourth-order valence-corrected chi connectivity index (χ4v) is 2.58. The largest absolute Gasteiger partial charge is 0.493 e. The standard InChI is InChI=1S/C12H14BrN3O2S/c1-16-11(8-17)14-15-12(16)19-6-5-18-10-4-2-3-9(13)7-10/h2-4,7,17H,5-6,8H2,1H3. The van der Waals surface area contributed by atoms with E-state index in [9.17, 15) is 0 Å². The molecule has 7 heteroatoms. The van der Waals surface area contributed by atoms with E-state index >= 15 is 0 Å². The van der Waals surface area contributed by atoms with E-state index in [1.165, 1.54) is 0 Å². The van der Waals surface area contributed by atoms with Crippen molar-refractivity contribution in [1.82, 2.24) is 14.8 Å². The minimum absolute atomic E-state index is 0.0986. The average molecular weight is 344 g/mol. The first-order valence-electron chi connectivity index (χ1n) is 5.71. The highest BCUT2D eigenvalue weighted by Crippen LogP contribution is 2.19. The molecule has 1 N–H and O–H groups in total. The number of nitrogens with zero attached hydrogens (tertiary/aromatic N) is 3. The van der Waals surface area contributed by atoms with Gasteiger partial charge in [-0.1, -0.05) is 33.8 Å². The lowest BCUT2D eigenvalue weighted by molar-refractivity contribution is 0.266. The summed E-state index contributed by atoms with van der Waals surface area (Å²) in [6.07, 6.45) is 0. The number of aliphatic hydroxyl groups is 1. The van der Waals surface area contributed by atoms with Crippen molar-refractivity contribution in [1.29, 1.82) is 0 Å². The van der Waals surface area contributed by atoms with Crippen molar-refractivity contribution in [3.63, 3.8) is 0 Å². The molecule has 0 aliphatic rings. The first-order chi connectivity index (χ1) is 9.20. The van der Waals surface area contributed by atoms with Crippen molar-refractivity contribution in [2.75, 3.05) is 12.4 Å². The molecule has 1 aromatic carbocycles. The highest BCUT2D eigenvalue weighted by atomic mass is 79.9. The lowest BCUT2D eigenvalue weighted by Crippen LogP contribution is -2.02. The Balaban J connectivity index is 1.79. The number of halogens is 1. The van der Waals surface area contributed by atoms with Crippen LogP contribution in [0.3, 0.4) is 0 Å². The molecule has 0 saturated carbocycles. The number of rotatable bonds is 6. The summed E-state index contributed by atoms with van der Waals surface area (Å²) in [4.78, 5) is 0. The molecule has 102 valence electrons. The van der Waals surface area contributed by atoms with Gasteiger partial charge >= 0.3 is 0 Å². The van der Waals surface area contributed by atoms with Gasteiger partial charge < -0.3 is 14.4 Å². The molecule has 2 rings (SSSR count). The van der Waals surface area contributed by atoms with Crippen molar-refractivity contribution < 1.29 is 9.84 Å². The van der Waals surface area contributed by atoms with Crippen LogP contribution in [0.5, 0.6) is 5.75 Å². The Kier molecular flexibility index (Phi) is 5.24. The summed E-state index contributed by atoms with van der Waals surface area (Å²) >= 11 is 4.95. The maximum atomic E-state index is 9.02. The predicted octanol–water partition coefficient (Wildman–Crippen LogP) is 2.24. The summed E-state index contributed by atoms with van der Waals surface area (Å²) in [6, 6.07) is 7.73. The van der Waals surface area contributed by atoms with Gasteiger partial charge in [0.05, 0.1) is 6.61 Å². The molecule has 0 atom stereocenters. The van der Waals surface area contributed by atoms with Gasteiger partial charge in [0.25, 0.3) is 0 Å². The summed E-state index contributed by atoms with van der Waals surface area (Å²) in [6.45, 7) is 0.487. The molecule has 1 aromatic heterocycles. The third-order valence-electron chi connectivity index (χ3n) is 2.45. The lowest BCUT2D eigenvalue weighted by Gasteiger charge is -2.06. The molecule has 0 radical (unpaired) electrons. The van der Waals surface area contributed by atoms with Crippen LogP contribution in [0.4, 0.5) is 0 Å². The molecule has 0 aliphatic heterocycles. The fourth-order valence-electron chi connectivity index (χ4n) is 1.46. The number of hydrogen-bond donors (Lipinski definition) is 1. The second kappa shape index (κ2) is 6.93. The third kappa shape index (κ3) is 3.95. The molecular formula is C12H14BrN3O2S. The van der Waals surface area contributed by atoms with Crippen molar-refractivity contribution in [2.45, 2.75) is 11.8 Å². The van der Waals surface area contributed by atoms with Crippen LogP contribution in [0.2, 0.25) is 0 Å². The van der Waals surface area contributed by atoms with E-state index in [4.69, 9.17) is 9.84 Å². The molecule has 2 aromatic rings. The minimum Gasteiger partial charge on any atom is -0.493 e. The Labute approximate surface area is 124 Å². The highest BCUT2D eigenvalue weighted by Gasteiger charge is 2.07. The van der Waals surface area contributed by atoms with Crippen LogP contribution in [-0.2, 0) is 13.7 Å². The Morgan fingerprint density at radius 3 is 2.95 bits per heavy atom. The normalized spacial score (nSPS) is 10.7. The second-order valence-electron chi connectivity index (χ2n) is 3.77. The Morgan fingerprint density at radius 1 is 1.42 bits per heavy atom. The summed E-state index contributed by atoms with van der Waals surface area (Å²) in [7, 11) is 1.84. The van der Waals surface area contributed by atoms with Gasteiger partial charge in [0.1, 0.15) is 12.4 Å². The van der Waals surface area contributed by atoms with Crippen molar-refractivity contribution >= 4 is 27.7 Å². The maximum absolute atomic E-state index is 9.02. The smallest absolute Gasteiger partial charge is 0.191 e. The van der Waals surface area contributed by atoms with Crippen LogP contribution in [0, 0.1) is 0 Å². The zero-order valence-corrected chi connectivity index (χ0v) is 12.8. The van der Waals surface area contributed by atoms with Crippen LogP contribution in [0.1, 0.15) is 5.82 Å². The maximum Gasteiger partial charge on any atom is 0.191 e. The first kappa shape index (κ1) is 14.4. The quantitative estimate of drug-likeness (QED) is 0.643. The van der Waals surface area contributed by atoms with Gasteiger partial charge in [-0.05, 0) is 18.2 Å². The number of benzene rings is 1. The van der Waals surface area contributed by atoms with Gasteiger partial charge in [-0.25, -0.2) is 0 Å². The van der Waals surface area contributed by atoms with E-state index in [0.717, 1.165) is 21.1 Å². The molecule has 0 saturated heterocycles. The van der Waals surface area contributed by atoms with Gasteiger partial charge in [0, 0.05) is 17.3 Å². The number of thioether (sulfide) groups is 1. The molecule has 0 unspecified atom stereocenters. The number of hydrogen-bond acceptors (Lipinski definition) is 5. The topological polar surface area (TPSA) is 60.2 Å². The summed E-state index contributed by atoms with van der Waals surface area (Å²) in [5, 5.41) is 17.7. The van der Waals surface area contributed by atoms with E-state index in [1.807, 2.05) is 31.3 Å². The van der Waals surface area contributed by atoms with Crippen LogP contribution in [-0.4, -0.2) is 32.2 Å². The van der Waals surface area contributed by atoms with Gasteiger partial charge in [0.2, 0.25) is 0 Å². The molecule has 19 heavy (non-hydrogen) atoms. The van der Waals surface area contributed by atoms with E-state index in [0.29, 0.717) is 12.4 Å². The van der Waals surface area contributed by atoms with Gasteiger partial charge in [-0.2, -0.15) is 0 Å². The van der Waals surface area contributed by atoms with Gasteiger partial charge in [-0.3, -0.25) is 0 Å². The zero-order chi connectivity index (χ0) is 13.7. The first-order valence-corrected chi connectivity index (χ1v) is 7.49. The van der Waals surface area contributed by atoms with E-state index < -0.39 is 0 Å². The van der Waals surface area contributed by atoms with E-state index in [2.05, 4.69) is 26.1 Å². The summed E-state index contributed by atoms with van der Waals surface area (Å²) < 4.78 is 8.40. The zero-order valence-electron chi connectivity index (χ0n) is 10.4. The van der Waals surface area contributed by atoms with Crippen LogP contribution >= 0.6 is 27.7 Å². The predicted molar refractivity (Wildman–Crippen MR) is 77.3 cm³/mol. The molecule has 0 fully saturated rings. The van der Waals surface area contributed by atoms with Gasteiger partial charge in [0.15, 0.2) is 11.0 Å². The number of aliphatic hydroxyl groups excluding tert-OH is 1. The SMILES string of the molecule is Cn1c(CO)nnc1SCCOc1cccc(Br)c1. The molecule has 0 aliphatic carbocycles. The third-order valence-corrected chi connectivity index (χ3v) is 3.92. The van der Waals surface area contributed by atoms with Crippen molar-refractivity contribution in [2.24, 2.45) is 7.05 Å². The highest BCUT2D eigenvalue weighted by molar-refractivity contribution is 9.10. The average Bonchev–Trinajstić information content (AvgIpc) is 2.76. The Hall–Kier alpha value is -1.05. The van der Waals surface area contributed by atoms with Crippen LogP contribution < -0.4 is 4.74 Å². The Morgan fingerprint density at radius 2 is 2.26 bits per heavy atom. The van der Waals surface area contributed by atoms with E-state index in [1.54, 1.807) is 16.3 Å². The van der Waals surface area contributed by atoms with E-state index in [-0.39, 0.29) is 6.61 Å². The molecular weight excluding hydrogens is 330 g/mol. The lowest BCUT2D eigenvalue weighted by atomic mass is 10.3. The molecule has 0 amide bonds. The molecule has 0 bridgehead atoms. The van der Waals surface area contributed by atoms with Crippen LogP contribution in [0.15, 0.2) is 33.9 Å². The fraction of sp³-hybridized carbons (Fsp3) is 0.333. The minimum atomic E-state index is -0.0986. The molecule has 0 spiro atoms. The summed E-state index contributed by atoms with van der Waals surface area (Å²) in [5.41, 5.74) is 0.